The van der Waals surface area contributed by atoms with E-state index in [0.717, 1.165) is 26.6 Å². The van der Waals surface area contributed by atoms with Gasteiger partial charge in [-0.05, 0) is 56.5 Å². The Morgan fingerprint density at radius 1 is 1.04 bits per heavy atom. The Balaban J connectivity index is 1.61. The smallest absolute Gasteiger partial charge is 0.229 e. The molecule has 0 aliphatic carbocycles. The standard InChI is InChI=1S/C22H22N4OS/c1-13-5-7-17(8-6-13)12-21(27)24-20-11-16(4)25-26(20)22-23-18-9-14(2)15(3)10-19(18)28-22/h5-11H,12H2,1-4H3,(H,24,27). The maximum atomic E-state index is 12.6. The van der Waals surface area contributed by atoms with Gasteiger partial charge in [-0.2, -0.15) is 9.78 Å². The van der Waals surface area contributed by atoms with Crippen LogP contribution in [-0.4, -0.2) is 20.7 Å². The molecule has 142 valence electrons. The summed E-state index contributed by atoms with van der Waals surface area (Å²) in [5.41, 5.74) is 6.40. The minimum atomic E-state index is -0.0715. The van der Waals surface area contributed by atoms with Crippen molar-refractivity contribution in [1.29, 1.82) is 0 Å². The van der Waals surface area contributed by atoms with Gasteiger partial charge in [-0.1, -0.05) is 41.2 Å². The van der Waals surface area contributed by atoms with Crippen molar-refractivity contribution in [2.24, 2.45) is 0 Å². The summed E-state index contributed by atoms with van der Waals surface area (Å²) in [4.78, 5) is 17.3. The van der Waals surface area contributed by atoms with Crippen LogP contribution in [-0.2, 0) is 11.2 Å². The van der Waals surface area contributed by atoms with E-state index in [2.05, 4.69) is 36.4 Å². The zero-order valence-electron chi connectivity index (χ0n) is 16.4. The van der Waals surface area contributed by atoms with Crippen LogP contribution in [0.25, 0.3) is 15.3 Å². The SMILES string of the molecule is Cc1ccc(CC(=O)Nc2cc(C)nn2-c2nc3cc(C)c(C)cc3s2)cc1. The van der Waals surface area contributed by atoms with Gasteiger partial charge in [-0.3, -0.25) is 4.79 Å². The Morgan fingerprint density at radius 3 is 2.50 bits per heavy atom. The first-order valence-electron chi connectivity index (χ1n) is 9.19. The number of rotatable bonds is 4. The Morgan fingerprint density at radius 2 is 1.75 bits per heavy atom. The normalized spacial score (nSPS) is 11.1. The molecule has 2 heterocycles. The summed E-state index contributed by atoms with van der Waals surface area (Å²) in [7, 11) is 0. The van der Waals surface area contributed by atoms with Crippen LogP contribution in [0, 0.1) is 27.7 Å². The Hall–Kier alpha value is -2.99. The highest BCUT2D eigenvalue weighted by atomic mass is 32.1. The van der Waals surface area contributed by atoms with Crippen molar-refractivity contribution in [1.82, 2.24) is 14.8 Å². The Kier molecular flexibility index (Phi) is 4.73. The molecule has 0 unspecified atom stereocenters. The van der Waals surface area contributed by atoms with Crippen molar-refractivity contribution in [3.05, 3.63) is 70.4 Å². The summed E-state index contributed by atoms with van der Waals surface area (Å²) in [6.07, 6.45) is 0.322. The first-order chi connectivity index (χ1) is 13.4. The number of nitrogens with zero attached hydrogens (tertiary/aromatic N) is 3. The average Bonchev–Trinajstić information content (AvgIpc) is 3.20. The summed E-state index contributed by atoms with van der Waals surface area (Å²) in [5.74, 6) is 0.569. The van der Waals surface area contributed by atoms with E-state index in [1.165, 1.54) is 16.7 Å². The number of nitrogens with one attached hydrogen (secondary N) is 1. The molecule has 0 radical (unpaired) electrons. The fraction of sp³-hybridized carbons (Fsp3) is 0.227. The third kappa shape index (κ3) is 3.68. The molecule has 0 aliphatic rings. The van der Waals surface area contributed by atoms with Crippen LogP contribution < -0.4 is 5.32 Å². The van der Waals surface area contributed by atoms with E-state index in [1.807, 2.05) is 44.2 Å². The van der Waals surface area contributed by atoms with Crippen molar-refractivity contribution in [3.63, 3.8) is 0 Å². The van der Waals surface area contributed by atoms with E-state index < -0.39 is 0 Å². The minimum Gasteiger partial charge on any atom is -0.310 e. The molecule has 6 heteroatoms. The van der Waals surface area contributed by atoms with Crippen LogP contribution in [0.3, 0.4) is 0 Å². The highest BCUT2D eigenvalue weighted by Gasteiger charge is 2.15. The fourth-order valence-corrected chi connectivity index (χ4v) is 4.08. The molecular formula is C22H22N4OS. The van der Waals surface area contributed by atoms with Gasteiger partial charge in [0.05, 0.1) is 22.3 Å². The number of anilines is 1. The number of benzene rings is 2. The molecule has 0 saturated heterocycles. The number of hydrogen-bond acceptors (Lipinski definition) is 4. The largest absolute Gasteiger partial charge is 0.310 e. The number of amides is 1. The second kappa shape index (κ2) is 7.20. The van der Waals surface area contributed by atoms with Crippen LogP contribution in [0.4, 0.5) is 5.82 Å². The average molecular weight is 391 g/mol. The second-order valence-electron chi connectivity index (χ2n) is 7.19. The molecule has 0 fully saturated rings. The zero-order valence-corrected chi connectivity index (χ0v) is 17.2. The van der Waals surface area contributed by atoms with E-state index in [9.17, 15) is 4.79 Å². The summed E-state index contributed by atoms with van der Waals surface area (Å²) in [6, 6.07) is 14.1. The van der Waals surface area contributed by atoms with E-state index in [-0.39, 0.29) is 5.91 Å². The van der Waals surface area contributed by atoms with Gasteiger partial charge < -0.3 is 5.32 Å². The van der Waals surface area contributed by atoms with Crippen LogP contribution >= 0.6 is 11.3 Å². The lowest BCUT2D eigenvalue weighted by molar-refractivity contribution is -0.115. The maximum absolute atomic E-state index is 12.6. The van der Waals surface area contributed by atoms with Crippen LogP contribution in [0.1, 0.15) is 27.9 Å². The van der Waals surface area contributed by atoms with Crippen LogP contribution in [0.2, 0.25) is 0 Å². The third-order valence-corrected chi connectivity index (χ3v) is 5.75. The van der Waals surface area contributed by atoms with Gasteiger partial charge in [-0.25, -0.2) is 4.98 Å². The Bertz CT molecular complexity index is 1130. The first kappa shape index (κ1) is 18.4. The monoisotopic (exact) mass is 390 g/mol. The topological polar surface area (TPSA) is 59.8 Å². The summed E-state index contributed by atoms with van der Waals surface area (Å²) in [6.45, 7) is 8.13. The fourth-order valence-electron chi connectivity index (χ4n) is 3.07. The third-order valence-electron chi connectivity index (χ3n) is 4.76. The highest BCUT2D eigenvalue weighted by Crippen LogP contribution is 2.29. The lowest BCUT2D eigenvalue weighted by atomic mass is 10.1. The van der Waals surface area contributed by atoms with Crippen LogP contribution in [0.5, 0.6) is 0 Å². The number of hydrogen-bond donors (Lipinski definition) is 1. The van der Waals surface area contributed by atoms with E-state index >= 15 is 0 Å². The molecule has 0 atom stereocenters. The van der Waals surface area contributed by atoms with Crippen LogP contribution in [0.15, 0.2) is 42.5 Å². The molecule has 5 nitrogen and oxygen atoms in total. The van der Waals surface area contributed by atoms with Gasteiger partial charge in [0.2, 0.25) is 11.0 Å². The lowest BCUT2D eigenvalue weighted by Crippen LogP contribution is -2.17. The van der Waals surface area contributed by atoms with Gasteiger partial charge in [0.25, 0.3) is 0 Å². The predicted molar refractivity (Wildman–Crippen MR) is 114 cm³/mol. The molecule has 0 aliphatic heterocycles. The lowest BCUT2D eigenvalue weighted by Gasteiger charge is -2.07. The van der Waals surface area contributed by atoms with Gasteiger partial charge in [-0.15, -0.1) is 0 Å². The number of aryl methyl sites for hydroxylation is 4. The minimum absolute atomic E-state index is 0.0715. The molecule has 2 aromatic carbocycles. The Labute approximate surface area is 168 Å². The van der Waals surface area contributed by atoms with Crippen molar-refractivity contribution >= 4 is 33.3 Å². The summed E-state index contributed by atoms with van der Waals surface area (Å²) >= 11 is 1.57. The molecule has 4 rings (SSSR count). The van der Waals surface area contributed by atoms with Gasteiger partial charge in [0, 0.05) is 6.07 Å². The molecule has 28 heavy (non-hydrogen) atoms. The van der Waals surface area contributed by atoms with Crippen molar-refractivity contribution in [2.75, 3.05) is 5.32 Å². The summed E-state index contributed by atoms with van der Waals surface area (Å²) in [5, 5.41) is 8.28. The van der Waals surface area contributed by atoms with Crippen molar-refractivity contribution in [2.45, 2.75) is 34.1 Å². The molecule has 1 amide bonds. The van der Waals surface area contributed by atoms with E-state index in [0.29, 0.717) is 12.2 Å². The maximum Gasteiger partial charge on any atom is 0.229 e. The summed E-state index contributed by atoms with van der Waals surface area (Å²) < 4.78 is 2.83. The van der Waals surface area contributed by atoms with Gasteiger partial charge in [0.15, 0.2) is 0 Å². The molecule has 2 aromatic heterocycles. The molecule has 0 spiro atoms. The molecular weight excluding hydrogens is 368 g/mol. The number of carbonyl (C=O) groups excluding carboxylic acids is 1. The molecule has 4 aromatic rings. The van der Waals surface area contributed by atoms with E-state index in [4.69, 9.17) is 4.98 Å². The van der Waals surface area contributed by atoms with Crippen molar-refractivity contribution in [3.8, 4) is 5.13 Å². The number of aromatic nitrogens is 3. The first-order valence-corrected chi connectivity index (χ1v) is 10.0. The van der Waals surface area contributed by atoms with E-state index in [1.54, 1.807) is 16.0 Å². The highest BCUT2D eigenvalue weighted by molar-refractivity contribution is 7.20. The number of fused-ring (bicyclic) bond motifs is 1. The second-order valence-corrected chi connectivity index (χ2v) is 8.20. The quantitative estimate of drug-likeness (QED) is 0.539. The number of carbonyl (C=O) groups is 1. The number of thiazole rings is 1. The van der Waals surface area contributed by atoms with Gasteiger partial charge >= 0.3 is 0 Å². The van der Waals surface area contributed by atoms with Crippen molar-refractivity contribution < 1.29 is 4.79 Å². The molecule has 0 saturated carbocycles. The molecule has 0 bridgehead atoms. The van der Waals surface area contributed by atoms with Gasteiger partial charge in [0.1, 0.15) is 5.82 Å². The predicted octanol–water partition coefficient (Wildman–Crippen LogP) is 4.90. The molecule has 1 N–H and O–H groups in total. The zero-order chi connectivity index (χ0) is 19.8.